The van der Waals surface area contributed by atoms with Gasteiger partial charge in [0.1, 0.15) is 11.9 Å². The van der Waals surface area contributed by atoms with E-state index in [2.05, 4.69) is 12.6 Å². The van der Waals surface area contributed by atoms with Crippen molar-refractivity contribution in [2.45, 2.75) is 30.3 Å². The first-order valence-electron chi connectivity index (χ1n) is 4.86. The highest BCUT2D eigenvalue weighted by molar-refractivity contribution is 7.80. The Kier molecular flexibility index (Phi) is 2.95. The first-order chi connectivity index (χ1) is 7.16. The van der Waals surface area contributed by atoms with Crippen LogP contribution in [-0.4, -0.2) is 12.1 Å². The van der Waals surface area contributed by atoms with Crippen molar-refractivity contribution in [1.29, 1.82) is 0 Å². The summed E-state index contributed by atoms with van der Waals surface area (Å²) in [7, 11) is 0. The van der Waals surface area contributed by atoms with Crippen LogP contribution in [0, 0.1) is 5.82 Å². The van der Waals surface area contributed by atoms with Crippen molar-refractivity contribution in [1.82, 2.24) is 0 Å². The Labute approximate surface area is 92.8 Å². The third-order valence-electron chi connectivity index (χ3n) is 2.50. The van der Waals surface area contributed by atoms with Crippen LogP contribution in [0.3, 0.4) is 0 Å². The lowest BCUT2D eigenvalue weighted by atomic mass is 9.96. The molecule has 1 saturated carbocycles. The molecule has 0 atom stereocenters. The van der Waals surface area contributed by atoms with E-state index in [1.807, 2.05) is 0 Å². The number of rotatable bonds is 2. The average molecular weight is 226 g/mol. The van der Waals surface area contributed by atoms with Crippen LogP contribution in [-0.2, 0) is 4.74 Å². The summed E-state index contributed by atoms with van der Waals surface area (Å²) in [6.45, 7) is 0. The maximum Gasteiger partial charge on any atom is 0.341 e. The third-order valence-corrected chi connectivity index (χ3v) is 2.77. The molecule has 0 bridgehead atoms. The van der Waals surface area contributed by atoms with Gasteiger partial charge in [0.2, 0.25) is 0 Å². The van der Waals surface area contributed by atoms with Crippen LogP contribution in [0.4, 0.5) is 4.39 Å². The van der Waals surface area contributed by atoms with Crippen LogP contribution in [0.1, 0.15) is 29.6 Å². The predicted octanol–water partition coefficient (Wildman–Crippen LogP) is 2.82. The van der Waals surface area contributed by atoms with E-state index < -0.39 is 11.8 Å². The van der Waals surface area contributed by atoms with E-state index in [0.29, 0.717) is 4.90 Å². The Morgan fingerprint density at radius 2 is 2.20 bits per heavy atom. The highest BCUT2D eigenvalue weighted by Crippen LogP contribution is 2.24. The Morgan fingerprint density at radius 3 is 2.80 bits per heavy atom. The van der Waals surface area contributed by atoms with Gasteiger partial charge >= 0.3 is 5.97 Å². The van der Waals surface area contributed by atoms with Gasteiger partial charge in [-0.1, -0.05) is 0 Å². The molecule has 2 rings (SSSR count). The number of halogens is 1. The van der Waals surface area contributed by atoms with E-state index in [9.17, 15) is 9.18 Å². The van der Waals surface area contributed by atoms with Crippen molar-refractivity contribution < 1.29 is 13.9 Å². The van der Waals surface area contributed by atoms with Crippen molar-refractivity contribution in [3.8, 4) is 0 Å². The molecule has 0 aliphatic heterocycles. The predicted molar refractivity (Wildman–Crippen MR) is 56.7 cm³/mol. The summed E-state index contributed by atoms with van der Waals surface area (Å²) >= 11 is 4.05. The van der Waals surface area contributed by atoms with E-state index in [1.54, 1.807) is 0 Å². The number of hydrogen-bond donors (Lipinski definition) is 1. The lowest BCUT2D eigenvalue weighted by Crippen LogP contribution is -2.25. The summed E-state index contributed by atoms with van der Waals surface area (Å²) in [5.41, 5.74) is -0.0330. The van der Waals surface area contributed by atoms with Gasteiger partial charge in [-0.15, -0.1) is 12.6 Å². The minimum absolute atomic E-state index is 0.0273. The normalized spacial score (nSPS) is 15.9. The summed E-state index contributed by atoms with van der Waals surface area (Å²) < 4.78 is 18.4. The molecule has 0 radical (unpaired) electrons. The van der Waals surface area contributed by atoms with E-state index in [4.69, 9.17) is 4.74 Å². The molecule has 1 aliphatic carbocycles. The number of hydrogen-bond acceptors (Lipinski definition) is 3. The van der Waals surface area contributed by atoms with Crippen LogP contribution >= 0.6 is 12.6 Å². The summed E-state index contributed by atoms with van der Waals surface area (Å²) in [4.78, 5) is 12.1. The largest absolute Gasteiger partial charge is 0.459 e. The minimum Gasteiger partial charge on any atom is -0.459 e. The molecule has 15 heavy (non-hydrogen) atoms. The summed E-state index contributed by atoms with van der Waals surface area (Å²) in [6, 6.07) is 4.11. The molecule has 0 heterocycles. The van der Waals surface area contributed by atoms with Gasteiger partial charge in [0.25, 0.3) is 0 Å². The Hall–Kier alpha value is -1.03. The molecule has 1 aromatic rings. The van der Waals surface area contributed by atoms with Gasteiger partial charge in [-0.25, -0.2) is 9.18 Å². The van der Waals surface area contributed by atoms with Crippen molar-refractivity contribution in [3.05, 3.63) is 29.6 Å². The number of benzene rings is 1. The van der Waals surface area contributed by atoms with Crippen molar-refractivity contribution >= 4 is 18.6 Å². The molecule has 0 aromatic heterocycles. The molecule has 0 saturated heterocycles. The first-order valence-corrected chi connectivity index (χ1v) is 5.31. The second-order valence-corrected chi connectivity index (χ2v) is 4.14. The van der Waals surface area contributed by atoms with Crippen LogP contribution < -0.4 is 0 Å². The second-order valence-electron chi connectivity index (χ2n) is 3.62. The highest BCUT2D eigenvalue weighted by Gasteiger charge is 2.23. The number of carbonyl (C=O) groups is 1. The molecule has 1 fully saturated rings. The molecule has 80 valence electrons. The standard InChI is InChI=1S/C11H11FO2S/c12-10-5-4-8(15)6-9(10)11(13)14-7-2-1-3-7/h4-7,15H,1-3H2. The van der Waals surface area contributed by atoms with Crippen LogP contribution in [0.2, 0.25) is 0 Å². The summed E-state index contributed by atoms with van der Waals surface area (Å²) in [5.74, 6) is -1.15. The van der Waals surface area contributed by atoms with E-state index in [1.165, 1.54) is 18.2 Å². The number of thiol groups is 1. The monoisotopic (exact) mass is 226 g/mol. The molecule has 0 spiro atoms. The quantitative estimate of drug-likeness (QED) is 0.620. The molecule has 1 aliphatic rings. The van der Waals surface area contributed by atoms with Gasteiger partial charge in [0, 0.05) is 4.90 Å². The smallest absolute Gasteiger partial charge is 0.341 e. The van der Waals surface area contributed by atoms with Gasteiger partial charge in [-0.2, -0.15) is 0 Å². The molecule has 0 amide bonds. The van der Waals surface area contributed by atoms with Gasteiger partial charge in [-0.05, 0) is 37.5 Å². The fourth-order valence-electron chi connectivity index (χ4n) is 1.37. The Morgan fingerprint density at radius 1 is 1.47 bits per heavy atom. The van der Waals surface area contributed by atoms with Crippen LogP contribution in [0.15, 0.2) is 23.1 Å². The van der Waals surface area contributed by atoms with Gasteiger partial charge in [0.15, 0.2) is 0 Å². The lowest BCUT2D eigenvalue weighted by Gasteiger charge is -2.25. The third kappa shape index (κ3) is 2.31. The first kappa shape index (κ1) is 10.5. The molecule has 1 aromatic carbocycles. The maximum absolute atomic E-state index is 13.3. The average Bonchev–Trinajstić information content (AvgIpc) is 2.15. The van der Waals surface area contributed by atoms with E-state index in [0.717, 1.165) is 19.3 Å². The van der Waals surface area contributed by atoms with Gasteiger partial charge in [0.05, 0.1) is 5.56 Å². The van der Waals surface area contributed by atoms with Gasteiger partial charge in [-0.3, -0.25) is 0 Å². The van der Waals surface area contributed by atoms with Crippen molar-refractivity contribution in [2.24, 2.45) is 0 Å². The zero-order chi connectivity index (χ0) is 10.8. The van der Waals surface area contributed by atoms with Crippen LogP contribution in [0.5, 0.6) is 0 Å². The Bertz CT molecular complexity index is 388. The lowest BCUT2D eigenvalue weighted by molar-refractivity contribution is 0.00851. The zero-order valence-electron chi connectivity index (χ0n) is 8.07. The highest BCUT2D eigenvalue weighted by atomic mass is 32.1. The van der Waals surface area contributed by atoms with Crippen molar-refractivity contribution in [3.63, 3.8) is 0 Å². The maximum atomic E-state index is 13.3. The second kappa shape index (κ2) is 4.23. The van der Waals surface area contributed by atoms with Crippen LogP contribution in [0.25, 0.3) is 0 Å². The van der Waals surface area contributed by atoms with E-state index >= 15 is 0 Å². The number of carbonyl (C=O) groups excluding carboxylic acids is 1. The number of esters is 1. The van der Waals surface area contributed by atoms with Crippen molar-refractivity contribution in [2.75, 3.05) is 0 Å². The molecule has 2 nitrogen and oxygen atoms in total. The summed E-state index contributed by atoms with van der Waals surface area (Å²) in [6.07, 6.45) is 2.81. The fraction of sp³-hybridized carbons (Fsp3) is 0.364. The molecular weight excluding hydrogens is 215 g/mol. The molecule has 0 N–H and O–H groups in total. The fourth-order valence-corrected chi connectivity index (χ4v) is 1.58. The van der Waals surface area contributed by atoms with E-state index in [-0.39, 0.29) is 11.7 Å². The van der Waals surface area contributed by atoms with Gasteiger partial charge < -0.3 is 4.74 Å². The molecule has 0 unspecified atom stereocenters. The number of ether oxygens (including phenoxy) is 1. The molecular formula is C11H11FO2S. The zero-order valence-corrected chi connectivity index (χ0v) is 8.97. The SMILES string of the molecule is O=C(OC1CCC1)c1cc(S)ccc1F. The minimum atomic E-state index is -0.590. The topological polar surface area (TPSA) is 26.3 Å². The molecule has 4 heteroatoms. The summed E-state index contributed by atoms with van der Waals surface area (Å²) in [5, 5.41) is 0. The Balaban J connectivity index is 2.12.